The van der Waals surface area contributed by atoms with Gasteiger partial charge in [-0.3, -0.25) is 0 Å². The second kappa shape index (κ2) is 5.32. The SMILES string of the molecule is O=C(O)C=CNc1csc(-c2ccccc2)c1. The minimum Gasteiger partial charge on any atom is -0.478 e. The number of hydrogen-bond acceptors (Lipinski definition) is 3. The van der Waals surface area contributed by atoms with Crippen molar-refractivity contribution in [1.82, 2.24) is 0 Å². The van der Waals surface area contributed by atoms with Crippen LogP contribution in [0.2, 0.25) is 0 Å². The quantitative estimate of drug-likeness (QED) is 0.811. The van der Waals surface area contributed by atoms with Gasteiger partial charge in [-0.25, -0.2) is 4.79 Å². The molecular weight excluding hydrogens is 234 g/mol. The van der Waals surface area contributed by atoms with Gasteiger partial charge >= 0.3 is 5.97 Å². The number of carbonyl (C=O) groups is 1. The minimum atomic E-state index is -0.962. The summed E-state index contributed by atoms with van der Waals surface area (Å²) in [7, 11) is 0. The lowest BCUT2D eigenvalue weighted by atomic mass is 10.2. The van der Waals surface area contributed by atoms with Crippen molar-refractivity contribution in [2.24, 2.45) is 0 Å². The molecule has 0 spiro atoms. The lowest BCUT2D eigenvalue weighted by Gasteiger charge is -1.95. The van der Waals surface area contributed by atoms with Gasteiger partial charge in [0.15, 0.2) is 0 Å². The van der Waals surface area contributed by atoms with E-state index in [1.807, 2.05) is 41.8 Å². The highest BCUT2D eigenvalue weighted by Crippen LogP contribution is 2.29. The van der Waals surface area contributed by atoms with Gasteiger partial charge in [-0.2, -0.15) is 0 Å². The highest BCUT2D eigenvalue weighted by atomic mass is 32.1. The van der Waals surface area contributed by atoms with Crippen LogP contribution in [0.15, 0.2) is 54.1 Å². The van der Waals surface area contributed by atoms with Gasteiger partial charge < -0.3 is 10.4 Å². The van der Waals surface area contributed by atoms with Crippen molar-refractivity contribution < 1.29 is 9.90 Å². The molecule has 3 nitrogen and oxygen atoms in total. The van der Waals surface area contributed by atoms with Crippen molar-refractivity contribution in [2.75, 3.05) is 5.32 Å². The van der Waals surface area contributed by atoms with Gasteiger partial charge in [0.25, 0.3) is 0 Å². The molecule has 0 unspecified atom stereocenters. The first-order chi connectivity index (χ1) is 8.25. The first-order valence-corrected chi connectivity index (χ1v) is 5.93. The van der Waals surface area contributed by atoms with E-state index < -0.39 is 5.97 Å². The molecule has 0 atom stereocenters. The van der Waals surface area contributed by atoms with Crippen LogP contribution in [0.25, 0.3) is 10.4 Å². The van der Waals surface area contributed by atoms with Crippen molar-refractivity contribution in [3.8, 4) is 10.4 Å². The number of anilines is 1. The molecule has 0 saturated heterocycles. The average Bonchev–Trinajstić information content (AvgIpc) is 2.78. The van der Waals surface area contributed by atoms with Gasteiger partial charge in [-0.1, -0.05) is 30.3 Å². The van der Waals surface area contributed by atoms with Crippen LogP contribution in [0.5, 0.6) is 0 Å². The van der Waals surface area contributed by atoms with Crippen molar-refractivity contribution in [3.63, 3.8) is 0 Å². The Hall–Kier alpha value is -2.07. The summed E-state index contributed by atoms with van der Waals surface area (Å²) < 4.78 is 0. The molecule has 2 rings (SSSR count). The molecular formula is C13H11NO2S. The number of thiophene rings is 1. The molecule has 0 radical (unpaired) electrons. The molecule has 0 aliphatic heterocycles. The van der Waals surface area contributed by atoms with Gasteiger partial charge in [0.2, 0.25) is 0 Å². The Labute approximate surface area is 103 Å². The van der Waals surface area contributed by atoms with Crippen LogP contribution in [0.4, 0.5) is 5.69 Å². The van der Waals surface area contributed by atoms with Gasteiger partial charge in [0, 0.05) is 28.2 Å². The predicted molar refractivity (Wildman–Crippen MR) is 70.2 cm³/mol. The first kappa shape index (κ1) is 11.4. The van der Waals surface area contributed by atoms with E-state index in [9.17, 15) is 4.79 Å². The molecule has 17 heavy (non-hydrogen) atoms. The molecule has 1 aromatic heterocycles. The largest absolute Gasteiger partial charge is 0.478 e. The van der Waals surface area contributed by atoms with Gasteiger partial charge in [0.1, 0.15) is 0 Å². The van der Waals surface area contributed by atoms with Crippen LogP contribution in [0.1, 0.15) is 0 Å². The molecule has 1 aromatic carbocycles. The highest BCUT2D eigenvalue weighted by Gasteiger charge is 2.00. The lowest BCUT2D eigenvalue weighted by molar-refractivity contribution is -0.131. The Bertz CT molecular complexity index is 531. The molecule has 0 amide bonds. The Balaban J connectivity index is 2.09. The van der Waals surface area contributed by atoms with E-state index in [2.05, 4.69) is 5.32 Å². The summed E-state index contributed by atoms with van der Waals surface area (Å²) >= 11 is 1.62. The molecule has 0 saturated carbocycles. The van der Waals surface area contributed by atoms with Crippen LogP contribution in [0.3, 0.4) is 0 Å². The number of benzene rings is 1. The molecule has 0 bridgehead atoms. The van der Waals surface area contributed by atoms with Crippen LogP contribution in [-0.2, 0) is 4.79 Å². The highest BCUT2D eigenvalue weighted by molar-refractivity contribution is 7.14. The zero-order valence-corrected chi connectivity index (χ0v) is 9.78. The smallest absolute Gasteiger partial charge is 0.329 e. The minimum absolute atomic E-state index is 0.895. The second-order valence-electron chi connectivity index (χ2n) is 3.38. The van der Waals surface area contributed by atoms with Crippen molar-refractivity contribution in [2.45, 2.75) is 0 Å². The molecule has 0 fully saturated rings. The zero-order chi connectivity index (χ0) is 12.1. The van der Waals surface area contributed by atoms with E-state index in [1.165, 1.54) is 6.20 Å². The third-order valence-corrected chi connectivity index (χ3v) is 3.11. The maximum Gasteiger partial charge on any atom is 0.329 e. The Morgan fingerprint density at radius 1 is 1.29 bits per heavy atom. The second-order valence-corrected chi connectivity index (χ2v) is 4.29. The molecule has 0 aliphatic carbocycles. The topological polar surface area (TPSA) is 49.3 Å². The standard InChI is InChI=1S/C13H11NO2S/c15-13(16)6-7-14-11-8-12(17-9-11)10-4-2-1-3-5-10/h1-9,14H,(H,15,16). The Kier molecular flexibility index (Phi) is 3.57. The van der Waals surface area contributed by atoms with E-state index in [0.29, 0.717) is 0 Å². The molecule has 2 aromatic rings. The summed E-state index contributed by atoms with van der Waals surface area (Å²) in [6.45, 7) is 0. The fourth-order valence-corrected chi connectivity index (χ4v) is 2.23. The van der Waals surface area contributed by atoms with E-state index in [-0.39, 0.29) is 0 Å². The summed E-state index contributed by atoms with van der Waals surface area (Å²) in [6.07, 6.45) is 2.49. The van der Waals surface area contributed by atoms with Crippen LogP contribution in [-0.4, -0.2) is 11.1 Å². The third kappa shape index (κ3) is 3.19. The third-order valence-electron chi connectivity index (χ3n) is 2.13. The summed E-state index contributed by atoms with van der Waals surface area (Å²) in [5, 5.41) is 13.3. The van der Waals surface area contributed by atoms with E-state index in [4.69, 9.17) is 5.11 Å². The van der Waals surface area contributed by atoms with Crippen LogP contribution in [0, 0.1) is 0 Å². The zero-order valence-electron chi connectivity index (χ0n) is 8.96. The average molecular weight is 245 g/mol. The maximum absolute atomic E-state index is 10.3. The first-order valence-electron chi connectivity index (χ1n) is 5.05. The summed E-state index contributed by atoms with van der Waals surface area (Å²) in [5.74, 6) is -0.962. The van der Waals surface area contributed by atoms with Gasteiger partial charge in [0.05, 0.1) is 0 Å². The van der Waals surface area contributed by atoms with Crippen LogP contribution >= 0.6 is 11.3 Å². The van der Waals surface area contributed by atoms with E-state index in [0.717, 1.165) is 22.2 Å². The summed E-state index contributed by atoms with van der Waals surface area (Å²) in [6, 6.07) is 12.0. The van der Waals surface area contributed by atoms with E-state index in [1.54, 1.807) is 11.3 Å². The number of carboxylic acid groups (broad SMARTS) is 1. The number of nitrogens with one attached hydrogen (secondary N) is 1. The van der Waals surface area contributed by atoms with E-state index >= 15 is 0 Å². The predicted octanol–water partition coefficient (Wildman–Crippen LogP) is 3.43. The summed E-state index contributed by atoms with van der Waals surface area (Å²) in [4.78, 5) is 11.4. The number of carboxylic acids is 1. The van der Waals surface area contributed by atoms with Crippen molar-refractivity contribution in [3.05, 3.63) is 54.1 Å². The maximum atomic E-state index is 10.3. The number of rotatable bonds is 4. The lowest BCUT2D eigenvalue weighted by Crippen LogP contribution is -1.90. The molecule has 1 heterocycles. The molecule has 4 heteroatoms. The summed E-state index contributed by atoms with van der Waals surface area (Å²) in [5.41, 5.74) is 2.05. The van der Waals surface area contributed by atoms with Gasteiger partial charge in [-0.05, 0) is 11.6 Å². The number of hydrogen-bond donors (Lipinski definition) is 2. The molecule has 0 aliphatic rings. The Morgan fingerprint density at radius 3 is 2.76 bits per heavy atom. The number of aliphatic carboxylic acids is 1. The Morgan fingerprint density at radius 2 is 2.06 bits per heavy atom. The monoisotopic (exact) mass is 245 g/mol. The van der Waals surface area contributed by atoms with Crippen molar-refractivity contribution >= 4 is 23.0 Å². The normalized spacial score (nSPS) is 10.6. The fraction of sp³-hybridized carbons (Fsp3) is 0. The van der Waals surface area contributed by atoms with Crippen LogP contribution < -0.4 is 5.32 Å². The molecule has 86 valence electrons. The van der Waals surface area contributed by atoms with Gasteiger partial charge in [-0.15, -0.1) is 11.3 Å². The fourth-order valence-electron chi connectivity index (χ4n) is 1.37. The molecule has 2 N–H and O–H groups in total. The van der Waals surface area contributed by atoms with Crippen molar-refractivity contribution in [1.29, 1.82) is 0 Å².